The molecule has 0 saturated heterocycles. The normalized spacial score (nSPS) is 10.7. The van der Waals surface area contributed by atoms with E-state index in [1.807, 2.05) is 28.1 Å². The molecule has 1 aromatic heterocycles. The summed E-state index contributed by atoms with van der Waals surface area (Å²) < 4.78 is 1.09. The van der Waals surface area contributed by atoms with Crippen molar-refractivity contribution in [3.05, 3.63) is 15.1 Å². The molecule has 0 radical (unpaired) electrons. The topological polar surface area (TPSA) is 41.1 Å². The van der Waals surface area contributed by atoms with Gasteiger partial charge in [-0.15, -0.1) is 0 Å². The fourth-order valence-electron chi connectivity index (χ4n) is 1.14. The Morgan fingerprint density at radius 1 is 1.36 bits per heavy atom. The minimum Gasteiger partial charge on any atom is -0.372 e. The SMILES string of the molecule is CNc1nc(CN(C)C)nc(C)c1I. The second-order valence-corrected chi connectivity index (χ2v) is 4.45. The van der Waals surface area contributed by atoms with E-state index in [-0.39, 0.29) is 0 Å². The van der Waals surface area contributed by atoms with Crippen molar-refractivity contribution in [1.29, 1.82) is 0 Å². The van der Waals surface area contributed by atoms with Crippen LogP contribution in [-0.4, -0.2) is 36.0 Å². The lowest BCUT2D eigenvalue weighted by Crippen LogP contribution is -2.15. The lowest BCUT2D eigenvalue weighted by atomic mass is 10.4. The summed E-state index contributed by atoms with van der Waals surface area (Å²) >= 11 is 2.25. The maximum Gasteiger partial charge on any atom is 0.145 e. The molecule has 14 heavy (non-hydrogen) atoms. The van der Waals surface area contributed by atoms with Crippen LogP contribution in [0.15, 0.2) is 0 Å². The molecule has 1 aromatic rings. The van der Waals surface area contributed by atoms with Crippen LogP contribution in [0.4, 0.5) is 5.82 Å². The first-order valence-electron chi connectivity index (χ1n) is 4.40. The van der Waals surface area contributed by atoms with Crippen LogP contribution in [0.25, 0.3) is 0 Å². The van der Waals surface area contributed by atoms with Crippen molar-refractivity contribution >= 4 is 28.4 Å². The third kappa shape index (κ3) is 2.78. The molecular weight excluding hydrogens is 291 g/mol. The first-order valence-corrected chi connectivity index (χ1v) is 5.48. The minimum atomic E-state index is 0.770. The van der Waals surface area contributed by atoms with Crippen LogP contribution in [0.2, 0.25) is 0 Å². The Hall–Kier alpha value is -0.430. The summed E-state index contributed by atoms with van der Waals surface area (Å²) in [6, 6.07) is 0. The van der Waals surface area contributed by atoms with E-state index in [0.717, 1.165) is 27.5 Å². The maximum absolute atomic E-state index is 4.42. The van der Waals surface area contributed by atoms with E-state index in [9.17, 15) is 0 Å². The van der Waals surface area contributed by atoms with Gasteiger partial charge in [-0.2, -0.15) is 0 Å². The second kappa shape index (κ2) is 4.88. The van der Waals surface area contributed by atoms with Crippen molar-refractivity contribution in [2.45, 2.75) is 13.5 Å². The van der Waals surface area contributed by atoms with Crippen LogP contribution >= 0.6 is 22.6 Å². The summed E-state index contributed by atoms with van der Waals surface area (Å²) in [7, 11) is 5.90. The van der Waals surface area contributed by atoms with E-state index in [2.05, 4.69) is 42.8 Å². The third-order valence-corrected chi connectivity index (χ3v) is 3.05. The Kier molecular flexibility index (Phi) is 4.06. The van der Waals surface area contributed by atoms with Crippen LogP contribution in [0, 0.1) is 10.5 Å². The number of hydrogen-bond donors (Lipinski definition) is 1. The molecule has 0 aliphatic rings. The molecule has 1 heterocycles. The molecule has 0 aromatic carbocycles. The Morgan fingerprint density at radius 3 is 2.50 bits per heavy atom. The molecule has 78 valence electrons. The minimum absolute atomic E-state index is 0.770. The highest BCUT2D eigenvalue weighted by Gasteiger charge is 2.08. The molecule has 0 bridgehead atoms. The molecule has 0 fully saturated rings. The molecule has 5 heteroatoms. The standard InChI is InChI=1S/C9H15IN4/c1-6-8(10)9(11-2)13-7(12-6)5-14(3)4/h5H2,1-4H3,(H,11,12,13). The zero-order chi connectivity index (χ0) is 10.7. The summed E-state index contributed by atoms with van der Waals surface area (Å²) in [4.78, 5) is 10.9. The summed E-state index contributed by atoms with van der Waals surface area (Å²) in [6.45, 7) is 2.77. The van der Waals surface area contributed by atoms with Crippen LogP contribution in [0.3, 0.4) is 0 Å². The van der Waals surface area contributed by atoms with Gasteiger partial charge in [-0.1, -0.05) is 0 Å². The first-order chi connectivity index (χ1) is 6.54. The van der Waals surface area contributed by atoms with Crippen molar-refractivity contribution in [3.63, 3.8) is 0 Å². The Labute approximate surface area is 98.3 Å². The monoisotopic (exact) mass is 306 g/mol. The highest BCUT2D eigenvalue weighted by Crippen LogP contribution is 2.18. The molecule has 0 aliphatic heterocycles. The van der Waals surface area contributed by atoms with Gasteiger partial charge in [-0.3, -0.25) is 0 Å². The van der Waals surface area contributed by atoms with E-state index >= 15 is 0 Å². The van der Waals surface area contributed by atoms with E-state index < -0.39 is 0 Å². The Balaban J connectivity index is 3.03. The summed E-state index contributed by atoms with van der Waals surface area (Å²) in [5.41, 5.74) is 1.03. The van der Waals surface area contributed by atoms with Crippen LogP contribution in [0.1, 0.15) is 11.5 Å². The molecule has 0 unspecified atom stereocenters. The lowest BCUT2D eigenvalue weighted by Gasteiger charge is -2.11. The average molecular weight is 306 g/mol. The van der Waals surface area contributed by atoms with Gasteiger partial charge in [0.15, 0.2) is 0 Å². The number of rotatable bonds is 3. The number of aryl methyl sites for hydroxylation is 1. The Morgan fingerprint density at radius 2 is 2.00 bits per heavy atom. The van der Waals surface area contributed by atoms with Gasteiger partial charge in [-0.25, -0.2) is 9.97 Å². The quantitative estimate of drug-likeness (QED) is 0.859. The number of anilines is 1. The van der Waals surface area contributed by atoms with E-state index in [1.54, 1.807) is 0 Å². The van der Waals surface area contributed by atoms with Gasteiger partial charge in [0.1, 0.15) is 11.6 Å². The number of hydrogen-bond acceptors (Lipinski definition) is 4. The predicted molar refractivity (Wildman–Crippen MR) is 66.4 cm³/mol. The predicted octanol–water partition coefficient (Wildman–Crippen LogP) is 1.49. The van der Waals surface area contributed by atoms with Gasteiger partial charge in [-0.05, 0) is 43.6 Å². The summed E-state index contributed by atoms with van der Waals surface area (Å²) in [5, 5.41) is 3.07. The molecular formula is C9H15IN4. The fourth-order valence-corrected chi connectivity index (χ4v) is 1.65. The van der Waals surface area contributed by atoms with Gasteiger partial charge in [0.05, 0.1) is 15.8 Å². The van der Waals surface area contributed by atoms with Crippen molar-refractivity contribution in [3.8, 4) is 0 Å². The third-order valence-electron chi connectivity index (χ3n) is 1.76. The smallest absolute Gasteiger partial charge is 0.145 e. The number of nitrogens with zero attached hydrogens (tertiary/aromatic N) is 3. The van der Waals surface area contributed by atoms with Gasteiger partial charge >= 0.3 is 0 Å². The molecule has 4 nitrogen and oxygen atoms in total. The van der Waals surface area contributed by atoms with Gasteiger partial charge in [0.25, 0.3) is 0 Å². The van der Waals surface area contributed by atoms with Gasteiger partial charge in [0.2, 0.25) is 0 Å². The van der Waals surface area contributed by atoms with Crippen LogP contribution in [0.5, 0.6) is 0 Å². The molecule has 0 spiro atoms. The Bertz CT molecular complexity index is 325. The maximum atomic E-state index is 4.42. The molecule has 0 amide bonds. The molecule has 0 aliphatic carbocycles. The fraction of sp³-hybridized carbons (Fsp3) is 0.556. The van der Waals surface area contributed by atoms with E-state index in [0.29, 0.717) is 0 Å². The van der Waals surface area contributed by atoms with Crippen molar-refractivity contribution in [2.24, 2.45) is 0 Å². The van der Waals surface area contributed by atoms with Crippen LogP contribution in [-0.2, 0) is 6.54 Å². The van der Waals surface area contributed by atoms with Crippen molar-refractivity contribution < 1.29 is 0 Å². The molecule has 0 atom stereocenters. The van der Waals surface area contributed by atoms with Crippen molar-refractivity contribution in [1.82, 2.24) is 14.9 Å². The highest BCUT2D eigenvalue weighted by atomic mass is 127. The zero-order valence-corrected chi connectivity index (χ0v) is 11.1. The number of nitrogens with one attached hydrogen (secondary N) is 1. The van der Waals surface area contributed by atoms with Crippen LogP contribution < -0.4 is 5.32 Å². The molecule has 0 saturated carbocycles. The number of halogens is 1. The average Bonchev–Trinajstić information content (AvgIpc) is 2.10. The summed E-state index contributed by atoms with van der Waals surface area (Å²) in [6.07, 6.45) is 0. The van der Waals surface area contributed by atoms with E-state index in [4.69, 9.17) is 0 Å². The zero-order valence-electron chi connectivity index (χ0n) is 8.93. The van der Waals surface area contributed by atoms with E-state index in [1.165, 1.54) is 0 Å². The largest absolute Gasteiger partial charge is 0.372 e. The first kappa shape index (κ1) is 11.6. The highest BCUT2D eigenvalue weighted by molar-refractivity contribution is 14.1. The molecule has 1 rings (SSSR count). The van der Waals surface area contributed by atoms with Crippen molar-refractivity contribution in [2.75, 3.05) is 26.5 Å². The van der Waals surface area contributed by atoms with Gasteiger partial charge in [0, 0.05) is 7.05 Å². The molecule has 1 N–H and O–H groups in total. The lowest BCUT2D eigenvalue weighted by molar-refractivity contribution is 0.390. The second-order valence-electron chi connectivity index (χ2n) is 3.38. The van der Waals surface area contributed by atoms with Gasteiger partial charge < -0.3 is 10.2 Å². The number of aromatic nitrogens is 2. The summed E-state index contributed by atoms with van der Waals surface area (Å²) in [5.74, 6) is 1.77.